The van der Waals surface area contributed by atoms with E-state index in [4.69, 9.17) is 9.15 Å². The summed E-state index contributed by atoms with van der Waals surface area (Å²) in [5, 5.41) is 0. The smallest absolute Gasteiger partial charge is 0.185 e. The summed E-state index contributed by atoms with van der Waals surface area (Å²) in [6.07, 6.45) is 0.727. The van der Waals surface area contributed by atoms with E-state index in [1.807, 2.05) is 24.3 Å². The van der Waals surface area contributed by atoms with Crippen molar-refractivity contribution in [1.82, 2.24) is 4.90 Å². The number of rotatable bonds is 3. The second-order valence-electron chi connectivity index (χ2n) is 4.59. The summed E-state index contributed by atoms with van der Waals surface area (Å²) in [4.78, 5) is 12.9. The fraction of sp³-hybridized carbons (Fsp3) is 0.267. The highest BCUT2D eigenvalue weighted by Gasteiger charge is 2.16. The molecule has 0 amide bonds. The third-order valence-electron chi connectivity index (χ3n) is 3.21. The zero-order valence-electron chi connectivity index (χ0n) is 10.5. The molecule has 0 aliphatic carbocycles. The zero-order chi connectivity index (χ0) is 13.1. The maximum atomic E-state index is 10.6. The van der Waals surface area contributed by atoms with Crippen molar-refractivity contribution in [1.29, 1.82) is 0 Å². The highest BCUT2D eigenvalue weighted by Crippen LogP contribution is 2.23. The van der Waals surface area contributed by atoms with Crippen molar-refractivity contribution in [3.05, 3.63) is 53.5 Å². The maximum Gasteiger partial charge on any atom is 0.185 e. The van der Waals surface area contributed by atoms with Crippen LogP contribution in [-0.4, -0.2) is 24.3 Å². The first-order valence-electron chi connectivity index (χ1n) is 6.32. The third-order valence-corrected chi connectivity index (χ3v) is 3.21. The van der Waals surface area contributed by atoms with E-state index in [2.05, 4.69) is 11.0 Å². The Bertz CT molecular complexity index is 576. The van der Waals surface area contributed by atoms with E-state index >= 15 is 0 Å². The molecule has 1 aromatic carbocycles. The molecule has 0 fully saturated rings. The molecule has 1 aromatic heterocycles. The summed E-state index contributed by atoms with van der Waals surface area (Å²) >= 11 is 0. The van der Waals surface area contributed by atoms with Crippen LogP contribution in [0.15, 0.2) is 40.8 Å². The van der Waals surface area contributed by atoms with Gasteiger partial charge in [-0.2, -0.15) is 0 Å². The van der Waals surface area contributed by atoms with Crippen molar-refractivity contribution in [2.24, 2.45) is 0 Å². The van der Waals surface area contributed by atoms with Gasteiger partial charge in [-0.3, -0.25) is 9.69 Å². The van der Waals surface area contributed by atoms with Gasteiger partial charge in [-0.05, 0) is 18.2 Å². The van der Waals surface area contributed by atoms with Gasteiger partial charge in [0, 0.05) is 18.7 Å². The predicted molar refractivity (Wildman–Crippen MR) is 70.1 cm³/mol. The van der Waals surface area contributed by atoms with Gasteiger partial charge >= 0.3 is 0 Å². The Balaban J connectivity index is 1.74. The number of nitrogens with zero attached hydrogens (tertiary/aromatic N) is 1. The van der Waals surface area contributed by atoms with Crippen LogP contribution in [0.5, 0.6) is 5.75 Å². The highest BCUT2D eigenvalue weighted by molar-refractivity contribution is 5.70. The van der Waals surface area contributed by atoms with Gasteiger partial charge in [-0.1, -0.05) is 18.2 Å². The summed E-state index contributed by atoms with van der Waals surface area (Å²) < 4.78 is 11.1. The van der Waals surface area contributed by atoms with Gasteiger partial charge in [0.2, 0.25) is 0 Å². The number of benzene rings is 1. The zero-order valence-corrected chi connectivity index (χ0v) is 10.5. The van der Waals surface area contributed by atoms with Crippen LogP contribution in [0.4, 0.5) is 0 Å². The first kappa shape index (κ1) is 12.0. The van der Waals surface area contributed by atoms with E-state index < -0.39 is 0 Å². The second-order valence-corrected chi connectivity index (χ2v) is 4.59. The van der Waals surface area contributed by atoms with E-state index in [0.717, 1.165) is 30.9 Å². The summed E-state index contributed by atoms with van der Waals surface area (Å²) in [6, 6.07) is 11.6. The quantitative estimate of drug-likeness (QED) is 0.792. The number of ether oxygens (including phenoxy) is 1. The fourth-order valence-corrected chi connectivity index (χ4v) is 2.28. The Labute approximate surface area is 111 Å². The van der Waals surface area contributed by atoms with Crippen molar-refractivity contribution < 1.29 is 13.9 Å². The van der Waals surface area contributed by atoms with Crippen LogP contribution in [0.25, 0.3) is 0 Å². The van der Waals surface area contributed by atoms with Crippen LogP contribution in [-0.2, 0) is 13.1 Å². The molecule has 0 radical (unpaired) electrons. The van der Waals surface area contributed by atoms with Gasteiger partial charge < -0.3 is 9.15 Å². The van der Waals surface area contributed by atoms with Gasteiger partial charge in [-0.15, -0.1) is 0 Å². The fourth-order valence-electron chi connectivity index (χ4n) is 2.28. The van der Waals surface area contributed by atoms with E-state index in [9.17, 15) is 4.79 Å². The molecule has 2 heterocycles. The van der Waals surface area contributed by atoms with Crippen molar-refractivity contribution in [3.63, 3.8) is 0 Å². The lowest BCUT2D eigenvalue weighted by molar-refractivity contribution is 0.109. The minimum Gasteiger partial charge on any atom is -0.492 e. The second kappa shape index (κ2) is 5.28. The third kappa shape index (κ3) is 2.69. The molecule has 0 atom stereocenters. The molecule has 98 valence electrons. The van der Waals surface area contributed by atoms with E-state index in [1.54, 1.807) is 6.07 Å². The molecule has 0 spiro atoms. The number of para-hydroxylation sites is 1. The number of carbonyl (C=O) groups excluding carboxylic acids is 1. The van der Waals surface area contributed by atoms with Crippen LogP contribution in [0.3, 0.4) is 0 Å². The predicted octanol–water partition coefficient (Wildman–Crippen LogP) is 2.49. The molecule has 0 N–H and O–H groups in total. The largest absolute Gasteiger partial charge is 0.492 e. The minimum atomic E-state index is 0.376. The molecule has 3 rings (SSSR count). The topological polar surface area (TPSA) is 42.7 Å². The average Bonchev–Trinajstić information content (AvgIpc) is 2.78. The Morgan fingerprint density at radius 2 is 2.11 bits per heavy atom. The SMILES string of the molecule is O=Cc1ccc(CN2CCOc3ccccc3C2)o1. The number of aldehydes is 1. The number of hydrogen-bond donors (Lipinski definition) is 0. The summed E-state index contributed by atoms with van der Waals surface area (Å²) in [5.74, 6) is 2.14. The first-order chi connectivity index (χ1) is 9.35. The monoisotopic (exact) mass is 257 g/mol. The minimum absolute atomic E-state index is 0.376. The summed E-state index contributed by atoms with van der Waals surface area (Å²) in [7, 11) is 0. The number of furan rings is 1. The number of fused-ring (bicyclic) bond motifs is 1. The van der Waals surface area contributed by atoms with Crippen molar-refractivity contribution in [3.8, 4) is 5.75 Å². The Kier molecular flexibility index (Phi) is 3.33. The summed E-state index contributed by atoms with van der Waals surface area (Å²) in [5.41, 5.74) is 1.18. The highest BCUT2D eigenvalue weighted by atomic mass is 16.5. The Morgan fingerprint density at radius 3 is 2.95 bits per heavy atom. The molecular weight excluding hydrogens is 242 g/mol. The molecule has 0 bridgehead atoms. The lowest BCUT2D eigenvalue weighted by Crippen LogP contribution is -2.25. The standard InChI is InChI=1S/C15H15NO3/c17-11-14-6-5-13(19-14)10-16-7-8-18-15-4-2-1-3-12(15)9-16/h1-6,11H,7-10H2. The molecule has 0 unspecified atom stereocenters. The van der Waals surface area contributed by atoms with Crippen molar-refractivity contribution in [2.75, 3.05) is 13.2 Å². The van der Waals surface area contributed by atoms with E-state index in [0.29, 0.717) is 18.9 Å². The molecule has 0 saturated carbocycles. The maximum absolute atomic E-state index is 10.6. The molecule has 1 aliphatic rings. The van der Waals surface area contributed by atoms with Crippen LogP contribution < -0.4 is 4.74 Å². The molecule has 2 aromatic rings. The van der Waals surface area contributed by atoms with Gasteiger partial charge in [-0.25, -0.2) is 0 Å². The normalized spacial score (nSPS) is 15.4. The van der Waals surface area contributed by atoms with Gasteiger partial charge in [0.25, 0.3) is 0 Å². The molecule has 0 saturated heterocycles. The lowest BCUT2D eigenvalue weighted by Gasteiger charge is -2.17. The van der Waals surface area contributed by atoms with E-state index in [1.165, 1.54) is 5.56 Å². The average molecular weight is 257 g/mol. The van der Waals surface area contributed by atoms with Gasteiger partial charge in [0.05, 0.1) is 6.54 Å². The van der Waals surface area contributed by atoms with Gasteiger partial charge in [0.1, 0.15) is 18.1 Å². The van der Waals surface area contributed by atoms with Crippen LogP contribution >= 0.6 is 0 Å². The number of hydrogen-bond acceptors (Lipinski definition) is 4. The van der Waals surface area contributed by atoms with E-state index in [-0.39, 0.29) is 0 Å². The Morgan fingerprint density at radius 1 is 1.21 bits per heavy atom. The first-order valence-corrected chi connectivity index (χ1v) is 6.32. The Hall–Kier alpha value is -2.07. The number of carbonyl (C=O) groups is 1. The molecule has 4 nitrogen and oxygen atoms in total. The van der Waals surface area contributed by atoms with Crippen LogP contribution in [0.2, 0.25) is 0 Å². The van der Waals surface area contributed by atoms with Crippen LogP contribution in [0, 0.1) is 0 Å². The van der Waals surface area contributed by atoms with Crippen LogP contribution in [0.1, 0.15) is 21.9 Å². The van der Waals surface area contributed by atoms with Crippen molar-refractivity contribution in [2.45, 2.75) is 13.1 Å². The molecule has 1 aliphatic heterocycles. The van der Waals surface area contributed by atoms with Crippen molar-refractivity contribution >= 4 is 6.29 Å². The summed E-state index contributed by atoms with van der Waals surface area (Å²) in [6.45, 7) is 3.02. The van der Waals surface area contributed by atoms with Gasteiger partial charge in [0.15, 0.2) is 12.0 Å². The lowest BCUT2D eigenvalue weighted by atomic mass is 10.2. The molecule has 4 heteroatoms. The molecular formula is C15H15NO3. The molecule has 19 heavy (non-hydrogen) atoms.